The summed E-state index contributed by atoms with van der Waals surface area (Å²) in [5.74, 6) is -0.395. The van der Waals surface area contributed by atoms with Gasteiger partial charge in [-0.1, -0.05) is 12.1 Å². The summed E-state index contributed by atoms with van der Waals surface area (Å²) in [6.07, 6.45) is 0. The normalized spacial score (nSPS) is 15.2. The van der Waals surface area contributed by atoms with Gasteiger partial charge in [0.15, 0.2) is 0 Å². The number of hydrogen-bond acceptors (Lipinski definition) is 6. The Hall–Kier alpha value is -3.14. The lowest BCUT2D eigenvalue weighted by molar-refractivity contribution is 0.0880. The number of carbonyl (C=O) groups is 1. The van der Waals surface area contributed by atoms with Crippen LogP contribution in [-0.2, 0) is 15.8 Å². The van der Waals surface area contributed by atoms with Gasteiger partial charge in [-0.25, -0.2) is 8.42 Å². The number of rotatable bonds is 5. The number of fused-ring (bicyclic) bond motifs is 1. The van der Waals surface area contributed by atoms with Crippen LogP contribution in [0.25, 0.3) is 0 Å². The molecule has 4 N–H and O–H groups in total. The van der Waals surface area contributed by atoms with Gasteiger partial charge in [0.25, 0.3) is 15.9 Å². The van der Waals surface area contributed by atoms with Crippen LogP contribution in [0.15, 0.2) is 39.5 Å². The number of H-pyrrole nitrogens is 1. The summed E-state index contributed by atoms with van der Waals surface area (Å²) in [6, 6.07) is 7.80. The van der Waals surface area contributed by atoms with Gasteiger partial charge in [0.2, 0.25) is 5.56 Å². The van der Waals surface area contributed by atoms with Crippen LogP contribution in [0.1, 0.15) is 41.0 Å². The maximum atomic E-state index is 12.5. The topological polar surface area (TPSA) is 144 Å². The van der Waals surface area contributed by atoms with E-state index in [2.05, 4.69) is 14.7 Å². The Morgan fingerprint density at radius 3 is 2.76 bits per heavy atom. The fourth-order valence-electron chi connectivity index (χ4n) is 3.02. The maximum Gasteiger partial charge on any atom is 0.259 e. The quantitative estimate of drug-likeness (QED) is 0.656. The van der Waals surface area contributed by atoms with Crippen molar-refractivity contribution in [2.24, 2.45) is 10.1 Å². The molecular weight excluding hydrogens is 396 g/mol. The van der Waals surface area contributed by atoms with Crippen LogP contribution in [0, 0.1) is 6.92 Å². The smallest absolute Gasteiger partial charge is 0.259 e. The molecule has 9 nitrogen and oxygen atoms in total. The lowest BCUT2D eigenvalue weighted by Gasteiger charge is -2.27. The van der Waals surface area contributed by atoms with Gasteiger partial charge >= 0.3 is 0 Å². The molecule has 1 aliphatic heterocycles. The zero-order valence-corrected chi connectivity index (χ0v) is 17.1. The van der Waals surface area contributed by atoms with E-state index in [1.165, 1.54) is 6.07 Å². The summed E-state index contributed by atoms with van der Waals surface area (Å²) >= 11 is 0. The number of amidine groups is 1. The highest BCUT2D eigenvalue weighted by Gasteiger charge is 2.27. The van der Waals surface area contributed by atoms with E-state index in [1.807, 2.05) is 0 Å². The third kappa shape index (κ3) is 4.83. The lowest BCUT2D eigenvalue weighted by Crippen LogP contribution is -2.48. The number of carbonyl (C=O) groups excluding carboxylic acids is 1. The van der Waals surface area contributed by atoms with Crippen LogP contribution >= 0.6 is 0 Å². The summed E-state index contributed by atoms with van der Waals surface area (Å²) in [7, 11) is -3.64. The number of aromatic nitrogens is 1. The van der Waals surface area contributed by atoms with E-state index in [1.54, 1.807) is 45.0 Å². The Bertz CT molecular complexity index is 1170. The highest BCUT2D eigenvalue weighted by molar-refractivity contribution is 7.89. The Morgan fingerprint density at radius 2 is 2.07 bits per heavy atom. The van der Waals surface area contributed by atoms with Crippen molar-refractivity contribution in [3.05, 3.63) is 63.1 Å². The molecule has 29 heavy (non-hydrogen) atoms. The van der Waals surface area contributed by atoms with Crippen molar-refractivity contribution >= 4 is 21.8 Å². The van der Waals surface area contributed by atoms with Crippen LogP contribution in [0.3, 0.4) is 0 Å². The summed E-state index contributed by atoms with van der Waals surface area (Å²) in [5, 5.41) is 2.83. The van der Waals surface area contributed by atoms with Crippen LogP contribution in [-0.4, -0.2) is 37.3 Å². The Labute approximate surface area is 168 Å². The van der Waals surface area contributed by atoms with Gasteiger partial charge in [0, 0.05) is 17.3 Å². The van der Waals surface area contributed by atoms with Gasteiger partial charge in [0.05, 0.1) is 16.9 Å². The first-order valence-corrected chi connectivity index (χ1v) is 10.4. The minimum Gasteiger partial charge on any atom is -0.490 e. The van der Waals surface area contributed by atoms with E-state index in [0.717, 1.165) is 0 Å². The van der Waals surface area contributed by atoms with Crippen LogP contribution in [0.5, 0.6) is 5.75 Å². The van der Waals surface area contributed by atoms with Crippen molar-refractivity contribution in [3.63, 3.8) is 0 Å². The molecule has 1 aliphatic rings. The van der Waals surface area contributed by atoms with E-state index in [-0.39, 0.29) is 29.3 Å². The zero-order valence-electron chi connectivity index (χ0n) is 16.3. The molecule has 0 spiro atoms. The van der Waals surface area contributed by atoms with Crippen molar-refractivity contribution < 1.29 is 17.9 Å². The molecule has 1 aromatic heterocycles. The highest BCUT2D eigenvalue weighted by Crippen LogP contribution is 2.28. The molecule has 0 saturated carbocycles. The average Bonchev–Trinajstić information content (AvgIpc) is 2.57. The fourth-order valence-corrected chi connectivity index (χ4v) is 4.11. The van der Waals surface area contributed by atoms with Crippen LogP contribution in [0.4, 0.5) is 0 Å². The molecule has 0 fully saturated rings. The number of pyridine rings is 1. The molecule has 3 rings (SSSR count). The molecule has 0 unspecified atom stereocenters. The van der Waals surface area contributed by atoms with Gasteiger partial charge < -0.3 is 20.8 Å². The van der Waals surface area contributed by atoms with E-state index in [9.17, 15) is 18.0 Å². The minimum atomic E-state index is -3.64. The largest absolute Gasteiger partial charge is 0.490 e. The maximum absolute atomic E-state index is 12.5. The Morgan fingerprint density at radius 1 is 1.34 bits per heavy atom. The third-order valence-electron chi connectivity index (χ3n) is 4.23. The van der Waals surface area contributed by atoms with Crippen LogP contribution in [0.2, 0.25) is 0 Å². The van der Waals surface area contributed by atoms with Crippen molar-refractivity contribution in [3.8, 4) is 5.75 Å². The predicted molar refractivity (Wildman–Crippen MR) is 109 cm³/mol. The average molecular weight is 418 g/mol. The monoisotopic (exact) mass is 418 g/mol. The predicted octanol–water partition coefficient (Wildman–Crippen LogP) is 0.819. The van der Waals surface area contributed by atoms with Gasteiger partial charge in [-0.2, -0.15) is 0 Å². The number of benzene rings is 1. The van der Waals surface area contributed by atoms with E-state index in [4.69, 9.17) is 10.5 Å². The number of nitrogens with two attached hydrogens (primary N) is 1. The van der Waals surface area contributed by atoms with Crippen molar-refractivity contribution in [2.75, 3.05) is 6.61 Å². The number of ether oxygens (including phenoxy) is 1. The first-order valence-electron chi connectivity index (χ1n) is 8.82. The molecule has 10 heteroatoms. The van der Waals surface area contributed by atoms with Crippen molar-refractivity contribution in [1.29, 1.82) is 0 Å². The lowest BCUT2D eigenvalue weighted by atomic mass is 10.0. The molecule has 154 valence electrons. The Balaban J connectivity index is 1.76. The van der Waals surface area contributed by atoms with Gasteiger partial charge in [0.1, 0.15) is 18.2 Å². The molecule has 2 heterocycles. The van der Waals surface area contributed by atoms with E-state index in [0.29, 0.717) is 22.6 Å². The van der Waals surface area contributed by atoms with Crippen molar-refractivity contribution in [2.45, 2.75) is 32.1 Å². The molecular formula is C19H22N4O5S. The fraction of sp³-hybridized carbons (Fsp3) is 0.316. The second-order valence-corrected chi connectivity index (χ2v) is 9.17. The molecule has 1 aromatic carbocycles. The second kappa shape index (κ2) is 7.36. The molecule has 0 bridgehead atoms. The number of hydrogen-bond donors (Lipinski definition) is 3. The number of aryl methyl sites for hydroxylation is 1. The third-order valence-corrected chi connectivity index (χ3v) is 5.38. The zero-order chi connectivity index (χ0) is 21.4. The van der Waals surface area contributed by atoms with Crippen LogP contribution < -0.4 is 21.3 Å². The first kappa shape index (κ1) is 20.6. The number of amides is 1. The first-order chi connectivity index (χ1) is 13.5. The summed E-state index contributed by atoms with van der Waals surface area (Å²) < 4.78 is 33.0. The summed E-state index contributed by atoms with van der Waals surface area (Å²) in [6.45, 7) is 5.30. The molecule has 0 radical (unpaired) electrons. The SMILES string of the molecule is Cc1cc(C(=O)NC(C)(C)COc2cccc3c2C(N)=NS(=O)(=O)C3)cc(=O)[nH]1. The molecule has 0 saturated heterocycles. The molecule has 1 amide bonds. The van der Waals surface area contributed by atoms with E-state index < -0.39 is 21.5 Å². The number of aromatic amines is 1. The second-order valence-electron chi connectivity index (χ2n) is 7.54. The number of nitrogens with zero attached hydrogens (tertiary/aromatic N) is 1. The van der Waals surface area contributed by atoms with Gasteiger partial charge in [-0.15, -0.1) is 4.40 Å². The summed E-state index contributed by atoms with van der Waals surface area (Å²) in [4.78, 5) is 26.7. The molecule has 0 aliphatic carbocycles. The standard InChI is InChI=1S/C19H22N4O5S/c1-11-7-13(8-15(24)21-11)18(25)22-19(2,3)10-28-14-6-4-5-12-9-29(26,27)23-17(20)16(12)14/h4-8H,9-10H2,1-3H3,(H2,20,23)(H,21,24)(H,22,25). The van der Waals surface area contributed by atoms with Crippen molar-refractivity contribution in [1.82, 2.24) is 10.3 Å². The summed E-state index contributed by atoms with van der Waals surface area (Å²) in [5.41, 5.74) is 6.47. The molecule has 2 aromatic rings. The van der Waals surface area contributed by atoms with E-state index >= 15 is 0 Å². The number of nitrogens with one attached hydrogen (secondary N) is 2. The number of sulfonamides is 1. The van der Waals surface area contributed by atoms with Gasteiger partial charge in [-0.3, -0.25) is 9.59 Å². The van der Waals surface area contributed by atoms with Gasteiger partial charge in [-0.05, 0) is 38.5 Å². The Kier molecular flexibility index (Phi) is 5.22. The molecule has 0 atom stereocenters. The highest BCUT2D eigenvalue weighted by atomic mass is 32.2. The minimum absolute atomic E-state index is 0.0808.